The third kappa shape index (κ3) is 33.5. The van der Waals surface area contributed by atoms with E-state index in [4.69, 9.17) is 28.4 Å². The zero-order chi connectivity index (χ0) is 54.4. The van der Waals surface area contributed by atoms with Crippen LogP contribution in [0.15, 0.2) is 109 Å². The number of unbranched alkanes of at least 4 members (excludes halogenated alkanes) is 12. The number of carbonyl (C=O) groups is 1. The molecule has 0 spiro atoms. The number of carbonyl (C=O) groups excluding carboxylic acids is 1. The summed E-state index contributed by atoms with van der Waals surface area (Å²) in [6.45, 7) is 3.44. The largest absolute Gasteiger partial charge is 0.457 e. The van der Waals surface area contributed by atoms with E-state index < -0.39 is 86.7 Å². The van der Waals surface area contributed by atoms with Crippen LogP contribution in [0, 0.1) is 0 Å². The Hall–Kier alpha value is -3.35. The first-order valence-electron chi connectivity index (χ1n) is 28.5. The van der Waals surface area contributed by atoms with E-state index in [-0.39, 0.29) is 19.6 Å². The van der Waals surface area contributed by atoms with Gasteiger partial charge < -0.3 is 64.2 Å². The highest BCUT2D eigenvalue weighted by molar-refractivity contribution is 5.69. The van der Waals surface area contributed by atoms with Gasteiger partial charge in [0.2, 0.25) is 0 Å². The molecule has 2 fully saturated rings. The van der Waals surface area contributed by atoms with Gasteiger partial charge in [0, 0.05) is 13.0 Å². The molecular weight excluding hydrogens is 957 g/mol. The molecule has 11 atom stereocenters. The van der Waals surface area contributed by atoms with Crippen LogP contribution in [0.4, 0.5) is 0 Å². The van der Waals surface area contributed by atoms with Crippen LogP contribution in [0.2, 0.25) is 0 Å². The highest BCUT2D eigenvalue weighted by Gasteiger charge is 2.47. The average molecular weight is 1060 g/mol. The van der Waals surface area contributed by atoms with Crippen molar-refractivity contribution in [3.63, 3.8) is 0 Å². The second-order valence-electron chi connectivity index (χ2n) is 19.4. The van der Waals surface area contributed by atoms with Gasteiger partial charge in [0.1, 0.15) is 54.9 Å². The highest BCUT2D eigenvalue weighted by Crippen LogP contribution is 2.26. The lowest BCUT2D eigenvalue weighted by Gasteiger charge is -2.42. The zero-order valence-corrected chi connectivity index (χ0v) is 45.7. The fourth-order valence-corrected chi connectivity index (χ4v) is 8.18. The van der Waals surface area contributed by atoms with Crippen molar-refractivity contribution in [3.8, 4) is 0 Å². The third-order valence-electron chi connectivity index (χ3n) is 12.8. The summed E-state index contributed by atoms with van der Waals surface area (Å²) in [6, 6.07) is 0. The van der Waals surface area contributed by atoms with Gasteiger partial charge >= 0.3 is 5.97 Å². The molecule has 0 radical (unpaired) electrons. The highest BCUT2D eigenvalue weighted by atomic mass is 16.7. The van der Waals surface area contributed by atoms with E-state index in [1.165, 1.54) is 44.9 Å². The Balaban J connectivity index is 1.77. The van der Waals surface area contributed by atoms with E-state index >= 15 is 0 Å². The maximum Gasteiger partial charge on any atom is 0.306 e. The molecule has 428 valence electrons. The molecule has 0 aromatic rings. The summed E-state index contributed by atoms with van der Waals surface area (Å²) in [5.74, 6) is -0.426. The van der Waals surface area contributed by atoms with Crippen molar-refractivity contribution in [3.05, 3.63) is 109 Å². The lowest BCUT2D eigenvalue weighted by atomic mass is 9.98. The Bertz CT molecular complexity index is 1650. The fraction of sp³-hybridized carbons (Fsp3) is 0.689. The predicted molar refractivity (Wildman–Crippen MR) is 297 cm³/mol. The van der Waals surface area contributed by atoms with Crippen LogP contribution in [-0.4, -0.2) is 142 Å². The van der Waals surface area contributed by atoms with Crippen molar-refractivity contribution in [2.45, 2.75) is 235 Å². The summed E-state index contributed by atoms with van der Waals surface area (Å²) in [5.41, 5.74) is 0. The van der Waals surface area contributed by atoms with Crippen LogP contribution in [0.25, 0.3) is 0 Å². The number of ether oxygens (including phenoxy) is 6. The maximum absolute atomic E-state index is 13.1. The molecule has 14 heteroatoms. The van der Waals surface area contributed by atoms with Gasteiger partial charge in [-0.15, -0.1) is 0 Å². The molecule has 14 nitrogen and oxygen atoms in total. The zero-order valence-electron chi connectivity index (χ0n) is 45.7. The van der Waals surface area contributed by atoms with Crippen molar-refractivity contribution in [2.24, 2.45) is 0 Å². The van der Waals surface area contributed by atoms with Gasteiger partial charge in [0.05, 0.1) is 26.4 Å². The van der Waals surface area contributed by atoms with Crippen molar-refractivity contribution in [1.29, 1.82) is 0 Å². The van der Waals surface area contributed by atoms with Crippen molar-refractivity contribution in [2.75, 3.05) is 33.0 Å². The van der Waals surface area contributed by atoms with Gasteiger partial charge in [0.15, 0.2) is 12.6 Å². The van der Waals surface area contributed by atoms with Crippen LogP contribution >= 0.6 is 0 Å². The first-order valence-corrected chi connectivity index (χ1v) is 28.5. The molecule has 11 unspecified atom stereocenters. The normalized spacial score (nSPS) is 25.5. The summed E-state index contributed by atoms with van der Waals surface area (Å²) >= 11 is 0. The Labute approximate surface area is 451 Å². The summed E-state index contributed by atoms with van der Waals surface area (Å²) in [4.78, 5) is 13.1. The molecule has 2 rings (SSSR count). The van der Waals surface area contributed by atoms with Crippen molar-refractivity contribution >= 4 is 5.97 Å². The molecule has 0 aliphatic carbocycles. The van der Waals surface area contributed by atoms with Crippen LogP contribution < -0.4 is 0 Å². The molecule has 2 saturated heterocycles. The maximum atomic E-state index is 13.1. The Kier molecular flexibility index (Phi) is 42.2. The molecule has 75 heavy (non-hydrogen) atoms. The van der Waals surface area contributed by atoms with E-state index in [1.54, 1.807) is 0 Å². The second kappa shape index (κ2) is 46.7. The van der Waals surface area contributed by atoms with Crippen LogP contribution in [0.1, 0.15) is 168 Å². The number of aliphatic hydroxyl groups is 7. The van der Waals surface area contributed by atoms with Gasteiger partial charge in [0.25, 0.3) is 0 Å². The minimum absolute atomic E-state index is 0.0292. The molecule has 7 N–H and O–H groups in total. The smallest absolute Gasteiger partial charge is 0.306 e. The molecule has 0 aromatic carbocycles. The molecule has 0 aromatic heterocycles. The molecule has 2 aliphatic heterocycles. The lowest BCUT2D eigenvalue weighted by molar-refractivity contribution is -0.332. The Morgan fingerprint density at radius 2 is 0.867 bits per heavy atom. The number of hydrogen-bond donors (Lipinski definition) is 7. The standard InChI is InChI=1S/C61H100O14/c1-3-5-7-9-11-13-15-17-19-21-23-25-26-28-30-32-34-36-38-40-42-44-53(63)73-50(47-70-45-43-41-39-37-35-33-31-29-27-24-22-20-18-16-14-12-10-8-6-4-2)48-71-60-59(69)57(67)55(65)52(75-60)49-72-61-58(68)56(66)54(64)51(46-62)74-61/h5,7,11-14,17-20,23-25,27-28,30,34,36,50-52,54-62,64-69H,3-4,6,8-10,15-16,21-22,26,29,31-33,35,37-49H2,1-2H3/b7-5-,13-11-,14-12-,19-17-,20-18-,25-23-,27-24-,30-28-,36-34-. The monoisotopic (exact) mass is 1060 g/mol. The van der Waals surface area contributed by atoms with Crippen LogP contribution in [0.5, 0.6) is 0 Å². The molecule has 0 bridgehead atoms. The SMILES string of the molecule is CC/C=C\C/C=C\C/C=C\C/C=C\C/C=C\C/C=C\CCCCC(=O)OC(COCCCCCCCCC/C=C\C/C=C\C/C=C\CCCCC)COC1OC(COC2OC(CO)C(O)C(O)C2O)C(O)C(O)C1O. The summed E-state index contributed by atoms with van der Waals surface area (Å²) < 4.78 is 34.3. The van der Waals surface area contributed by atoms with Crippen molar-refractivity contribution in [1.82, 2.24) is 0 Å². The molecule has 2 heterocycles. The minimum Gasteiger partial charge on any atom is -0.457 e. The Morgan fingerprint density at radius 3 is 1.36 bits per heavy atom. The van der Waals surface area contributed by atoms with E-state index in [0.29, 0.717) is 13.0 Å². The van der Waals surface area contributed by atoms with Crippen molar-refractivity contribution < 1.29 is 69.0 Å². The predicted octanol–water partition coefficient (Wildman–Crippen LogP) is 9.96. The van der Waals surface area contributed by atoms with Gasteiger partial charge in [-0.2, -0.15) is 0 Å². The number of hydrogen-bond acceptors (Lipinski definition) is 14. The summed E-state index contributed by atoms with van der Waals surface area (Å²) in [7, 11) is 0. The minimum atomic E-state index is -1.72. The van der Waals surface area contributed by atoms with Crippen LogP contribution in [-0.2, 0) is 33.2 Å². The average Bonchev–Trinajstić information content (AvgIpc) is 3.41. The number of rotatable bonds is 44. The fourth-order valence-electron chi connectivity index (χ4n) is 8.18. The van der Waals surface area contributed by atoms with E-state index in [9.17, 15) is 40.5 Å². The van der Waals surface area contributed by atoms with Gasteiger partial charge in [-0.05, 0) is 103 Å². The number of aliphatic hydroxyl groups excluding tert-OH is 7. The van der Waals surface area contributed by atoms with Crippen LogP contribution in [0.3, 0.4) is 0 Å². The van der Waals surface area contributed by atoms with Gasteiger partial charge in [-0.3, -0.25) is 4.79 Å². The lowest BCUT2D eigenvalue weighted by Crippen LogP contribution is -2.61. The van der Waals surface area contributed by atoms with E-state index in [0.717, 1.165) is 96.3 Å². The van der Waals surface area contributed by atoms with Gasteiger partial charge in [-0.25, -0.2) is 0 Å². The molecule has 2 aliphatic rings. The first kappa shape index (κ1) is 67.8. The number of esters is 1. The van der Waals surface area contributed by atoms with E-state index in [2.05, 4.69) is 123 Å². The summed E-state index contributed by atoms with van der Waals surface area (Å²) in [5, 5.41) is 72.3. The summed E-state index contributed by atoms with van der Waals surface area (Å²) in [6.07, 6.45) is 47.1. The third-order valence-corrected chi connectivity index (χ3v) is 12.8. The Morgan fingerprint density at radius 1 is 0.453 bits per heavy atom. The topological polar surface area (TPSA) is 214 Å². The van der Waals surface area contributed by atoms with E-state index in [1.807, 2.05) is 0 Å². The molecular formula is C61H100O14. The van der Waals surface area contributed by atoms with Gasteiger partial charge in [-0.1, -0.05) is 168 Å². The molecule has 0 saturated carbocycles. The number of allylic oxidation sites excluding steroid dienone is 18. The quantitative estimate of drug-likeness (QED) is 0.0172. The molecule has 0 amide bonds. The first-order chi connectivity index (χ1) is 36.6. The second-order valence-corrected chi connectivity index (χ2v) is 19.4.